The SMILES string of the molecule is COCc1ccccc1C(=O)OCc1ccc2n[nH]nc2c1. The zero-order valence-electron chi connectivity index (χ0n) is 12.1. The van der Waals surface area contributed by atoms with E-state index >= 15 is 0 Å². The number of ether oxygens (including phenoxy) is 2. The number of carbonyl (C=O) groups excluding carboxylic acids is 1. The van der Waals surface area contributed by atoms with Crippen LogP contribution in [0.5, 0.6) is 0 Å². The molecule has 112 valence electrons. The van der Waals surface area contributed by atoms with Gasteiger partial charge in [-0.15, -0.1) is 0 Å². The molecule has 2 aromatic carbocycles. The molecule has 0 aliphatic carbocycles. The van der Waals surface area contributed by atoms with Crippen molar-refractivity contribution in [3.05, 3.63) is 59.2 Å². The Kier molecular flexibility index (Phi) is 4.11. The van der Waals surface area contributed by atoms with Crippen molar-refractivity contribution in [3.8, 4) is 0 Å². The summed E-state index contributed by atoms with van der Waals surface area (Å²) in [5.74, 6) is -0.368. The highest BCUT2D eigenvalue weighted by Gasteiger charge is 2.12. The van der Waals surface area contributed by atoms with Crippen LogP contribution in [0.3, 0.4) is 0 Å². The summed E-state index contributed by atoms with van der Waals surface area (Å²) >= 11 is 0. The van der Waals surface area contributed by atoms with Crippen LogP contribution in [-0.4, -0.2) is 28.5 Å². The second-order valence-electron chi connectivity index (χ2n) is 4.81. The van der Waals surface area contributed by atoms with Gasteiger partial charge in [0.1, 0.15) is 17.6 Å². The fraction of sp³-hybridized carbons (Fsp3) is 0.188. The van der Waals surface area contributed by atoms with Crippen molar-refractivity contribution in [1.29, 1.82) is 0 Å². The van der Waals surface area contributed by atoms with Gasteiger partial charge in [-0.05, 0) is 29.3 Å². The lowest BCUT2D eigenvalue weighted by Gasteiger charge is -2.09. The van der Waals surface area contributed by atoms with Crippen molar-refractivity contribution < 1.29 is 14.3 Å². The van der Waals surface area contributed by atoms with Crippen molar-refractivity contribution >= 4 is 17.0 Å². The predicted molar refractivity (Wildman–Crippen MR) is 80.2 cm³/mol. The number of esters is 1. The number of methoxy groups -OCH3 is 1. The maximum absolute atomic E-state index is 12.2. The van der Waals surface area contributed by atoms with Gasteiger partial charge in [0.2, 0.25) is 0 Å². The average molecular weight is 297 g/mol. The fourth-order valence-electron chi connectivity index (χ4n) is 2.20. The van der Waals surface area contributed by atoms with Crippen molar-refractivity contribution in [1.82, 2.24) is 15.4 Å². The van der Waals surface area contributed by atoms with Crippen LogP contribution in [-0.2, 0) is 22.7 Å². The molecule has 1 aromatic heterocycles. The van der Waals surface area contributed by atoms with Gasteiger partial charge in [-0.25, -0.2) is 4.79 Å². The molecule has 0 saturated heterocycles. The molecule has 0 aliphatic rings. The summed E-state index contributed by atoms with van der Waals surface area (Å²) in [6.45, 7) is 0.555. The summed E-state index contributed by atoms with van der Waals surface area (Å²) in [6, 6.07) is 12.8. The third-order valence-electron chi connectivity index (χ3n) is 3.29. The van der Waals surface area contributed by atoms with Gasteiger partial charge in [-0.3, -0.25) is 0 Å². The Hall–Kier alpha value is -2.73. The molecule has 22 heavy (non-hydrogen) atoms. The summed E-state index contributed by atoms with van der Waals surface area (Å²) in [4.78, 5) is 12.2. The van der Waals surface area contributed by atoms with Crippen LogP contribution in [0, 0.1) is 0 Å². The molecule has 6 nitrogen and oxygen atoms in total. The largest absolute Gasteiger partial charge is 0.457 e. The van der Waals surface area contributed by atoms with Gasteiger partial charge in [0.05, 0.1) is 12.2 Å². The van der Waals surface area contributed by atoms with Gasteiger partial charge >= 0.3 is 5.97 Å². The topological polar surface area (TPSA) is 77.1 Å². The van der Waals surface area contributed by atoms with Crippen molar-refractivity contribution in [2.75, 3.05) is 7.11 Å². The van der Waals surface area contributed by atoms with E-state index in [1.54, 1.807) is 19.2 Å². The van der Waals surface area contributed by atoms with Crippen LogP contribution < -0.4 is 0 Å². The van der Waals surface area contributed by atoms with Gasteiger partial charge in [0, 0.05) is 7.11 Å². The molecule has 0 amide bonds. The van der Waals surface area contributed by atoms with Gasteiger partial charge in [0.25, 0.3) is 0 Å². The maximum atomic E-state index is 12.2. The molecule has 6 heteroatoms. The highest BCUT2D eigenvalue weighted by atomic mass is 16.5. The van der Waals surface area contributed by atoms with E-state index in [2.05, 4.69) is 15.4 Å². The third-order valence-corrected chi connectivity index (χ3v) is 3.29. The zero-order valence-corrected chi connectivity index (χ0v) is 12.1. The first-order chi connectivity index (χ1) is 10.8. The lowest BCUT2D eigenvalue weighted by Crippen LogP contribution is -2.09. The summed E-state index contributed by atoms with van der Waals surface area (Å²) in [5.41, 5.74) is 3.71. The number of hydrogen-bond donors (Lipinski definition) is 1. The molecule has 0 spiro atoms. The Morgan fingerprint density at radius 3 is 2.77 bits per heavy atom. The van der Waals surface area contributed by atoms with Crippen molar-refractivity contribution in [2.24, 2.45) is 0 Å². The monoisotopic (exact) mass is 297 g/mol. The molecule has 0 bridgehead atoms. The van der Waals surface area contributed by atoms with Crippen LogP contribution in [0.4, 0.5) is 0 Å². The summed E-state index contributed by atoms with van der Waals surface area (Å²) in [5, 5.41) is 10.5. The van der Waals surface area contributed by atoms with E-state index in [9.17, 15) is 4.79 Å². The first-order valence-electron chi connectivity index (χ1n) is 6.81. The quantitative estimate of drug-likeness (QED) is 0.732. The number of hydrogen-bond acceptors (Lipinski definition) is 5. The third kappa shape index (κ3) is 2.96. The molecule has 0 fully saturated rings. The van der Waals surface area contributed by atoms with Gasteiger partial charge < -0.3 is 9.47 Å². The Morgan fingerprint density at radius 2 is 1.91 bits per heavy atom. The van der Waals surface area contributed by atoms with Crippen molar-refractivity contribution in [2.45, 2.75) is 13.2 Å². The smallest absolute Gasteiger partial charge is 0.338 e. The summed E-state index contributed by atoms with van der Waals surface area (Å²) in [7, 11) is 1.59. The standard InChI is InChI=1S/C16H15N3O3/c1-21-10-12-4-2-3-5-13(12)16(20)22-9-11-6-7-14-15(8-11)18-19-17-14/h2-8H,9-10H2,1H3,(H,17,18,19). The second-order valence-corrected chi connectivity index (χ2v) is 4.81. The van der Waals surface area contributed by atoms with E-state index in [0.29, 0.717) is 12.2 Å². The molecule has 0 atom stereocenters. The zero-order chi connectivity index (χ0) is 15.4. The number of nitrogens with one attached hydrogen (secondary N) is 1. The van der Waals surface area contributed by atoms with E-state index in [1.807, 2.05) is 30.3 Å². The van der Waals surface area contributed by atoms with Crippen LogP contribution in [0.1, 0.15) is 21.5 Å². The molecular weight excluding hydrogens is 282 g/mol. The predicted octanol–water partition coefficient (Wildman–Crippen LogP) is 2.46. The molecule has 3 rings (SSSR count). The first-order valence-corrected chi connectivity index (χ1v) is 6.81. The molecule has 0 radical (unpaired) electrons. The molecular formula is C16H15N3O3. The number of nitrogens with zero attached hydrogens (tertiary/aromatic N) is 2. The van der Waals surface area contributed by atoms with E-state index in [0.717, 1.165) is 22.2 Å². The lowest BCUT2D eigenvalue weighted by atomic mass is 10.1. The van der Waals surface area contributed by atoms with Gasteiger partial charge in [-0.2, -0.15) is 15.4 Å². The van der Waals surface area contributed by atoms with Gasteiger partial charge in [0.15, 0.2) is 0 Å². The molecule has 0 unspecified atom stereocenters. The second kappa shape index (κ2) is 6.36. The highest BCUT2D eigenvalue weighted by molar-refractivity contribution is 5.91. The van der Waals surface area contributed by atoms with Gasteiger partial charge in [-0.1, -0.05) is 24.3 Å². The Labute approximate surface area is 127 Å². The minimum Gasteiger partial charge on any atom is -0.457 e. The number of benzene rings is 2. The molecule has 1 heterocycles. The van der Waals surface area contributed by atoms with E-state index in [-0.39, 0.29) is 12.6 Å². The Balaban J connectivity index is 1.71. The summed E-state index contributed by atoms with van der Waals surface area (Å²) < 4.78 is 10.5. The Bertz CT molecular complexity index is 798. The van der Waals surface area contributed by atoms with Crippen LogP contribution in [0.2, 0.25) is 0 Å². The number of aromatic amines is 1. The minimum atomic E-state index is -0.368. The lowest BCUT2D eigenvalue weighted by molar-refractivity contribution is 0.0468. The number of fused-ring (bicyclic) bond motifs is 1. The van der Waals surface area contributed by atoms with Crippen LogP contribution in [0.15, 0.2) is 42.5 Å². The fourth-order valence-corrected chi connectivity index (χ4v) is 2.20. The highest BCUT2D eigenvalue weighted by Crippen LogP contribution is 2.15. The van der Waals surface area contributed by atoms with E-state index in [1.165, 1.54) is 0 Å². The Morgan fingerprint density at radius 1 is 1.09 bits per heavy atom. The molecule has 0 saturated carbocycles. The number of H-pyrrole nitrogens is 1. The number of aromatic nitrogens is 3. The minimum absolute atomic E-state index is 0.183. The van der Waals surface area contributed by atoms with E-state index < -0.39 is 0 Å². The first kappa shape index (κ1) is 14.2. The molecule has 0 aliphatic heterocycles. The normalized spacial score (nSPS) is 10.8. The number of rotatable bonds is 5. The van der Waals surface area contributed by atoms with Crippen LogP contribution in [0.25, 0.3) is 11.0 Å². The van der Waals surface area contributed by atoms with Crippen LogP contribution >= 0.6 is 0 Å². The van der Waals surface area contributed by atoms with E-state index in [4.69, 9.17) is 9.47 Å². The molecule has 3 aromatic rings. The number of carbonyl (C=O) groups is 1. The van der Waals surface area contributed by atoms with Crippen molar-refractivity contribution in [3.63, 3.8) is 0 Å². The maximum Gasteiger partial charge on any atom is 0.338 e. The molecule has 1 N–H and O–H groups in total. The average Bonchev–Trinajstić information content (AvgIpc) is 3.01. The summed E-state index contributed by atoms with van der Waals surface area (Å²) in [6.07, 6.45) is 0.